The molecule has 13 atom stereocenters. The SMILES string of the molecule is CN[C@@H]1[C@@H](O)[C@@H](O[C@H]2[C@H](CC(=O)C3(O)CC3N=C(N)N)C[C@H](N)C(O[C@H]3OC(CNCCCO)=CC[C@H]3N)[C@@H]2O)OC[C@]1(C)O. The number of nitrogens with one attached hydrogen (secondary N) is 2. The van der Waals surface area contributed by atoms with Gasteiger partial charge in [0.2, 0.25) is 6.29 Å². The normalized spacial score (nSPS) is 43.2. The first-order valence-corrected chi connectivity index (χ1v) is 15.4. The minimum Gasteiger partial charge on any atom is -0.467 e. The summed E-state index contributed by atoms with van der Waals surface area (Å²) in [6, 6.07) is -2.97. The molecule has 0 radical (unpaired) electrons. The van der Waals surface area contributed by atoms with Gasteiger partial charge in [-0.05, 0) is 51.8 Å². The molecule has 2 heterocycles. The van der Waals surface area contributed by atoms with Crippen molar-refractivity contribution in [3.63, 3.8) is 0 Å². The van der Waals surface area contributed by atoms with Crippen molar-refractivity contribution in [2.24, 2.45) is 33.8 Å². The summed E-state index contributed by atoms with van der Waals surface area (Å²) in [6.45, 7) is 2.36. The quantitative estimate of drug-likeness (QED) is 0.0480. The lowest BCUT2D eigenvalue weighted by atomic mass is 9.76. The van der Waals surface area contributed by atoms with Crippen LogP contribution >= 0.6 is 0 Å². The smallest absolute Gasteiger partial charge is 0.215 e. The van der Waals surface area contributed by atoms with Crippen molar-refractivity contribution in [3.8, 4) is 0 Å². The van der Waals surface area contributed by atoms with Gasteiger partial charge >= 0.3 is 0 Å². The molecule has 0 aromatic rings. The zero-order valence-electron chi connectivity index (χ0n) is 25.8. The average molecular weight is 646 g/mol. The molecule has 17 nitrogen and oxygen atoms in total. The highest BCUT2D eigenvalue weighted by atomic mass is 16.7. The summed E-state index contributed by atoms with van der Waals surface area (Å²) < 4.78 is 24.0. The van der Waals surface area contributed by atoms with Crippen LogP contribution in [0.2, 0.25) is 0 Å². The predicted octanol–water partition coefficient (Wildman–Crippen LogP) is -4.81. The molecule has 0 spiro atoms. The molecule has 258 valence electrons. The van der Waals surface area contributed by atoms with Crippen molar-refractivity contribution >= 4 is 11.7 Å². The van der Waals surface area contributed by atoms with Crippen molar-refractivity contribution < 1.29 is 49.3 Å². The van der Waals surface area contributed by atoms with E-state index in [0.29, 0.717) is 31.7 Å². The lowest BCUT2D eigenvalue weighted by Crippen LogP contribution is -2.67. The van der Waals surface area contributed by atoms with Gasteiger partial charge < -0.3 is 78.0 Å². The van der Waals surface area contributed by atoms with Gasteiger partial charge in [-0.2, -0.15) is 0 Å². The van der Waals surface area contributed by atoms with Gasteiger partial charge in [-0.1, -0.05) is 0 Å². The molecule has 0 bridgehead atoms. The van der Waals surface area contributed by atoms with E-state index in [4.69, 9.17) is 47.0 Å². The summed E-state index contributed by atoms with van der Waals surface area (Å²) in [4.78, 5) is 17.2. The summed E-state index contributed by atoms with van der Waals surface area (Å²) in [5.41, 5.74) is 20.5. The topological polar surface area (TPSA) is 296 Å². The summed E-state index contributed by atoms with van der Waals surface area (Å²) >= 11 is 0. The third-order valence-corrected chi connectivity index (χ3v) is 9.04. The molecule has 45 heavy (non-hydrogen) atoms. The number of aliphatic hydroxyl groups is 5. The number of ketones is 1. The maximum absolute atomic E-state index is 13.3. The Morgan fingerprint density at radius 3 is 2.51 bits per heavy atom. The third-order valence-electron chi connectivity index (χ3n) is 9.04. The van der Waals surface area contributed by atoms with Crippen LogP contribution in [0.5, 0.6) is 0 Å². The number of aliphatic imine (C=N–C) groups is 1. The van der Waals surface area contributed by atoms with Crippen LogP contribution in [0.25, 0.3) is 0 Å². The van der Waals surface area contributed by atoms with Crippen molar-refractivity contribution in [1.82, 2.24) is 10.6 Å². The number of guanidine groups is 1. The Labute approximate surface area is 262 Å². The van der Waals surface area contributed by atoms with E-state index < -0.39 is 84.1 Å². The number of likely N-dealkylation sites (N-methyl/N-ethyl adjacent to an activating group) is 1. The predicted molar refractivity (Wildman–Crippen MR) is 160 cm³/mol. The minimum atomic E-state index is -1.76. The van der Waals surface area contributed by atoms with Gasteiger partial charge in [0.25, 0.3) is 0 Å². The highest BCUT2D eigenvalue weighted by Gasteiger charge is 2.60. The maximum Gasteiger partial charge on any atom is 0.215 e. The number of carbonyl (C=O) groups excluding carboxylic acids is 1. The van der Waals surface area contributed by atoms with Crippen molar-refractivity contribution in [1.29, 1.82) is 0 Å². The summed E-state index contributed by atoms with van der Waals surface area (Å²) in [6.07, 6.45) is -4.44. The number of ether oxygens (including phenoxy) is 4. The fraction of sp³-hybridized carbons (Fsp3) is 0.857. The lowest BCUT2D eigenvalue weighted by Gasteiger charge is -2.48. The van der Waals surface area contributed by atoms with Gasteiger partial charge in [-0.25, -0.2) is 4.99 Å². The fourth-order valence-electron chi connectivity index (χ4n) is 6.39. The van der Waals surface area contributed by atoms with Crippen LogP contribution in [-0.2, 0) is 23.7 Å². The average Bonchev–Trinajstić information content (AvgIpc) is 3.63. The van der Waals surface area contributed by atoms with E-state index >= 15 is 0 Å². The minimum absolute atomic E-state index is 0.0489. The third kappa shape index (κ3) is 8.30. The number of nitrogens with two attached hydrogens (primary N) is 4. The number of hydrogen-bond acceptors (Lipinski definition) is 15. The van der Waals surface area contributed by atoms with Crippen molar-refractivity contribution in [2.75, 3.05) is 33.4 Å². The lowest BCUT2D eigenvalue weighted by molar-refractivity contribution is -0.308. The first kappa shape index (κ1) is 35.8. The summed E-state index contributed by atoms with van der Waals surface area (Å²) in [7, 11) is 1.58. The maximum atomic E-state index is 13.3. The van der Waals surface area contributed by atoms with Crippen LogP contribution in [0, 0.1) is 5.92 Å². The monoisotopic (exact) mass is 645 g/mol. The Morgan fingerprint density at radius 1 is 1.13 bits per heavy atom. The molecule has 17 heteroatoms. The zero-order valence-corrected chi connectivity index (χ0v) is 25.8. The van der Waals surface area contributed by atoms with E-state index in [1.165, 1.54) is 6.92 Å². The van der Waals surface area contributed by atoms with Gasteiger partial charge in [0.15, 0.2) is 18.0 Å². The van der Waals surface area contributed by atoms with E-state index in [9.17, 15) is 25.2 Å². The molecule has 3 unspecified atom stereocenters. The number of aliphatic hydroxyl groups excluding tert-OH is 3. The Balaban J connectivity index is 1.51. The second kappa shape index (κ2) is 14.8. The van der Waals surface area contributed by atoms with E-state index in [2.05, 4.69) is 15.6 Å². The molecule has 2 aliphatic carbocycles. The Morgan fingerprint density at radius 2 is 1.84 bits per heavy atom. The number of rotatable bonds is 14. The van der Waals surface area contributed by atoms with Crippen molar-refractivity contribution in [3.05, 3.63) is 11.8 Å². The first-order chi connectivity index (χ1) is 21.2. The molecule has 0 aromatic heterocycles. The molecular weight excluding hydrogens is 594 g/mol. The van der Waals surface area contributed by atoms with E-state index in [1.54, 1.807) is 7.05 Å². The van der Waals surface area contributed by atoms with Crippen molar-refractivity contribution in [2.45, 2.75) is 111 Å². The Bertz CT molecular complexity index is 1080. The second-order valence-corrected chi connectivity index (χ2v) is 12.8. The number of carbonyl (C=O) groups is 1. The second-order valence-electron chi connectivity index (χ2n) is 12.8. The Hall–Kier alpha value is -2.00. The molecule has 0 amide bonds. The van der Waals surface area contributed by atoms with Gasteiger partial charge in [0.05, 0.1) is 37.4 Å². The van der Waals surface area contributed by atoms with Crippen LogP contribution in [0.4, 0.5) is 0 Å². The molecule has 4 aliphatic rings. The van der Waals surface area contributed by atoms with E-state index in [1.807, 2.05) is 6.08 Å². The highest BCUT2D eigenvalue weighted by molar-refractivity contribution is 5.92. The van der Waals surface area contributed by atoms with Crippen LogP contribution in [0.15, 0.2) is 16.8 Å². The number of Topliss-reactive ketones (excluding diaryl/α,β-unsaturated/α-hetero) is 1. The molecule has 1 saturated heterocycles. The van der Waals surface area contributed by atoms with E-state index in [0.717, 1.165) is 0 Å². The van der Waals surface area contributed by atoms with Crippen LogP contribution < -0.4 is 33.6 Å². The molecule has 3 fully saturated rings. The summed E-state index contributed by atoms with van der Waals surface area (Å²) in [5.74, 6) is -0.936. The van der Waals surface area contributed by atoms with Gasteiger partial charge in [-0.15, -0.1) is 0 Å². The van der Waals surface area contributed by atoms with E-state index in [-0.39, 0.29) is 38.4 Å². The fourth-order valence-corrected chi connectivity index (χ4v) is 6.39. The molecule has 15 N–H and O–H groups in total. The molecule has 4 rings (SSSR count). The van der Waals surface area contributed by atoms with Gasteiger partial charge in [0.1, 0.15) is 35.3 Å². The molecular formula is C28H51N7O10. The van der Waals surface area contributed by atoms with Crippen LogP contribution in [0.3, 0.4) is 0 Å². The van der Waals surface area contributed by atoms with Crippen LogP contribution in [-0.4, -0.2) is 143 Å². The largest absolute Gasteiger partial charge is 0.467 e. The van der Waals surface area contributed by atoms with Crippen LogP contribution in [0.1, 0.15) is 39.0 Å². The zero-order chi connectivity index (χ0) is 33.1. The molecule has 0 aromatic carbocycles. The standard InChI is InChI=1S/C28H51N7O10/c1-27(40)12-42-25(20(39)23(27)33-2)44-21-13(9-18(37)28(41)10-17(28)35-26(31)32)8-16(30)22(19(21)38)45-24-15(29)5-4-14(43-24)11-34-6-3-7-36/h4,13,15-17,19-25,33-34,36,38-41H,3,5-12,29-30H2,1-2H3,(H4,31,32,35)/t13-,15+,16-,17?,19+,20+,21-,22?,23+,24+,25+,27-,28?/m0/s1. The Kier molecular flexibility index (Phi) is 11.8. The molecule has 2 aliphatic heterocycles. The van der Waals surface area contributed by atoms with Gasteiger partial charge in [0, 0.05) is 25.5 Å². The first-order valence-electron chi connectivity index (χ1n) is 15.4. The summed E-state index contributed by atoms with van der Waals surface area (Å²) in [5, 5.41) is 59.3. The highest BCUT2D eigenvalue weighted by Crippen LogP contribution is 2.43. The molecule has 2 saturated carbocycles. The number of nitrogens with zero attached hydrogens (tertiary/aromatic N) is 1. The van der Waals surface area contributed by atoms with Gasteiger partial charge in [-0.3, -0.25) is 4.79 Å². The number of hydrogen-bond donors (Lipinski definition) is 11.